The number of ketones is 1. The van der Waals surface area contributed by atoms with E-state index in [9.17, 15) is 4.79 Å². The van der Waals surface area contributed by atoms with Crippen LogP contribution in [0.4, 0.5) is 0 Å². The smallest absolute Gasteiger partial charge is 0.140 e. The summed E-state index contributed by atoms with van der Waals surface area (Å²) >= 11 is 0. The van der Waals surface area contributed by atoms with Gasteiger partial charge in [-0.15, -0.1) is 0 Å². The van der Waals surface area contributed by atoms with E-state index in [4.69, 9.17) is 0 Å². The Labute approximate surface area is 134 Å². The van der Waals surface area contributed by atoms with Crippen LogP contribution in [0.5, 0.6) is 0 Å². The molecule has 1 aliphatic carbocycles. The van der Waals surface area contributed by atoms with Gasteiger partial charge in [0.1, 0.15) is 11.4 Å². The molecule has 5 nitrogen and oxygen atoms in total. The monoisotopic (exact) mass is 308 g/mol. The molecule has 3 heterocycles. The standard InChI is InChI=1S/C18H20N4O/c1-21-11-17(14-9-20-22(2)10-14)16-7-13(8-19-18(16)21)12-3-5-15(23)6-4-12/h7-12H,3-6H2,1-2H3. The first-order valence-corrected chi connectivity index (χ1v) is 8.07. The maximum atomic E-state index is 11.5. The molecule has 0 bridgehead atoms. The van der Waals surface area contributed by atoms with Crippen molar-refractivity contribution in [2.75, 3.05) is 0 Å². The molecular weight excluding hydrogens is 288 g/mol. The third kappa shape index (κ3) is 2.46. The third-order valence-corrected chi connectivity index (χ3v) is 4.87. The number of pyridine rings is 1. The lowest BCUT2D eigenvalue weighted by atomic mass is 9.84. The largest absolute Gasteiger partial charge is 0.335 e. The molecule has 0 aromatic carbocycles. The van der Waals surface area contributed by atoms with Crippen molar-refractivity contribution in [3.8, 4) is 11.1 Å². The van der Waals surface area contributed by atoms with E-state index in [2.05, 4.69) is 26.9 Å². The second-order valence-corrected chi connectivity index (χ2v) is 6.51. The summed E-state index contributed by atoms with van der Waals surface area (Å²) in [5, 5.41) is 5.44. The van der Waals surface area contributed by atoms with E-state index in [1.807, 2.05) is 37.4 Å². The number of Topliss-reactive ketones (excluding diaryl/α,β-unsaturated/α-hetero) is 1. The van der Waals surface area contributed by atoms with E-state index < -0.39 is 0 Å². The number of carbonyl (C=O) groups is 1. The first kappa shape index (κ1) is 14.2. The molecule has 1 aliphatic rings. The van der Waals surface area contributed by atoms with Crippen LogP contribution in [0.3, 0.4) is 0 Å². The van der Waals surface area contributed by atoms with Gasteiger partial charge in [0.2, 0.25) is 0 Å². The van der Waals surface area contributed by atoms with Gasteiger partial charge in [0.25, 0.3) is 0 Å². The van der Waals surface area contributed by atoms with Gasteiger partial charge in [-0.25, -0.2) is 4.98 Å². The van der Waals surface area contributed by atoms with Gasteiger partial charge in [-0.3, -0.25) is 9.48 Å². The van der Waals surface area contributed by atoms with Crippen LogP contribution in [0.1, 0.15) is 37.2 Å². The van der Waals surface area contributed by atoms with Crippen molar-refractivity contribution in [2.24, 2.45) is 14.1 Å². The predicted octanol–water partition coefficient (Wildman–Crippen LogP) is 3.20. The van der Waals surface area contributed by atoms with Gasteiger partial charge < -0.3 is 4.57 Å². The molecule has 0 spiro atoms. The van der Waals surface area contributed by atoms with E-state index in [1.165, 1.54) is 5.56 Å². The molecule has 23 heavy (non-hydrogen) atoms. The van der Waals surface area contributed by atoms with Crippen LogP contribution in [-0.2, 0) is 18.9 Å². The SMILES string of the molecule is Cn1cc(-c2cn(C)c3ncc(C4CCC(=O)CC4)cc23)cn1. The maximum Gasteiger partial charge on any atom is 0.140 e. The average Bonchev–Trinajstić information content (AvgIpc) is 3.12. The molecule has 3 aromatic heterocycles. The number of aryl methyl sites for hydroxylation is 2. The molecule has 1 fully saturated rings. The molecule has 4 rings (SSSR count). The topological polar surface area (TPSA) is 52.7 Å². The highest BCUT2D eigenvalue weighted by atomic mass is 16.1. The van der Waals surface area contributed by atoms with Crippen molar-refractivity contribution in [1.82, 2.24) is 19.3 Å². The summed E-state index contributed by atoms with van der Waals surface area (Å²) in [5.41, 5.74) is 4.51. The van der Waals surface area contributed by atoms with Crippen molar-refractivity contribution >= 4 is 16.8 Å². The first-order chi connectivity index (χ1) is 11.1. The molecule has 0 amide bonds. The highest BCUT2D eigenvalue weighted by molar-refractivity contribution is 5.94. The van der Waals surface area contributed by atoms with Crippen LogP contribution in [-0.4, -0.2) is 25.1 Å². The van der Waals surface area contributed by atoms with Crippen LogP contribution in [0.25, 0.3) is 22.2 Å². The van der Waals surface area contributed by atoms with E-state index >= 15 is 0 Å². The Morgan fingerprint density at radius 3 is 2.61 bits per heavy atom. The number of hydrogen-bond donors (Lipinski definition) is 0. The van der Waals surface area contributed by atoms with Crippen molar-refractivity contribution in [3.63, 3.8) is 0 Å². The average molecular weight is 308 g/mol. The molecule has 0 N–H and O–H groups in total. The Hall–Kier alpha value is -2.43. The summed E-state index contributed by atoms with van der Waals surface area (Å²) in [5.74, 6) is 0.845. The second-order valence-electron chi connectivity index (χ2n) is 6.51. The number of aromatic nitrogens is 4. The quantitative estimate of drug-likeness (QED) is 0.730. The molecule has 0 aliphatic heterocycles. The summed E-state index contributed by atoms with van der Waals surface area (Å²) in [7, 11) is 3.95. The minimum Gasteiger partial charge on any atom is -0.335 e. The van der Waals surface area contributed by atoms with Crippen molar-refractivity contribution in [2.45, 2.75) is 31.6 Å². The van der Waals surface area contributed by atoms with Crippen LogP contribution in [0.2, 0.25) is 0 Å². The van der Waals surface area contributed by atoms with E-state index in [1.54, 1.807) is 0 Å². The van der Waals surface area contributed by atoms with E-state index in [0.717, 1.165) is 35.0 Å². The van der Waals surface area contributed by atoms with Gasteiger partial charge in [-0.1, -0.05) is 0 Å². The number of rotatable bonds is 2. The van der Waals surface area contributed by atoms with Gasteiger partial charge in [-0.2, -0.15) is 5.10 Å². The lowest BCUT2D eigenvalue weighted by molar-refractivity contribution is -0.120. The Bertz CT molecular complexity index is 880. The van der Waals surface area contributed by atoms with Crippen LogP contribution < -0.4 is 0 Å². The van der Waals surface area contributed by atoms with E-state index in [-0.39, 0.29) is 0 Å². The van der Waals surface area contributed by atoms with E-state index in [0.29, 0.717) is 24.5 Å². The normalized spacial score (nSPS) is 16.3. The summed E-state index contributed by atoms with van der Waals surface area (Å²) in [4.78, 5) is 16.1. The molecule has 118 valence electrons. The van der Waals surface area contributed by atoms with Crippen molar-refractivity contribution in [1.29, 1.82) is 0 Å². The Morgan fingerprint density at radius 2 is 1.91 bits per heavy atom. The minimum absolute atomic E-state index is 0.394. The highest BCUT2D eigenvalue weighted by Gasteiger charge is 2.21. The second kappa shape index (κ2) is 5.33. The summed E-state index contributed by atoms with van der Waals surface area (Å²) in [6, 6.07) is 2.26. The number of carbonyl (C=O) groups excluding carboxylic acids is 1. The Morgan fingerprint density at radius 1 is 1.13 bits per heavy atom. The van der Waals surface area contributed by atoms with Crippen LogP contribution in [0.15, 0.2) is 30.9 Å². The Kier molecular flexibility index (Phi) is 3.29. The predicted molar refractivity (Wildman–Crippen MR) is 89.1 cm³/mol. The van der Waals surface area contributed by atoms with Gasteiger partial charge in [0, 0.05) is 62.0 Å². The lowest BCUT2D eigenvalue weighted by Gasteiger charge is -2.21. The molecule has 1 saturated carbocycles. The third-order valence-electron chi connectivity index (χ3n) is 4.87. The van der Waals surface area contributed by atoms with Gasteiger partial charge >= 0.3 is 0 Å². The molecule has 0 atom stereocenters. The fourth-order valence-electron chi connectivity index (χ4n) is 3.56. The van der Waals surface area contributed by atoms with Gasteiger partial charge in [0.15, 0.2) is 0 Å². The van der Waals surface area contributed by atoms with Crippen LogP contribution >= 0.6 is 0 Å². The fraction of sp³-hybridized carbons (Fsp3) is 0.389. The number of nitrogens with zero attached hydrogens (tertiary/aromatic N) is 4. The van der Waals surface area contributed by atoms with Crippen molar-refractivity contribution in [3.05, 3.63) is 36.4 Å². The first-order valence-electron chi connectivity index (χ1n) is 8.07. The number of hydrogen-bond acceptors (Lipinski definition) is 3. The summed E-state index contributed by atoms with van der Waals surface area (Å²) in [6.07, 6.45) is 11.3. The van der Waals surface area contributed by atoms with Gasteiger partial charge in [0.05, 0.1) is 6.20 Å². The van der Waals surface area contributed by atoms with Crippen molar-refractivity contribution < 1.29 is 4.79 Å². The lowest BCUT2D eigenvalue weighted by Crippen LogP contribution is -2.12. The fourth-order valence-corrected chi connectivity index (χ4v) is 3.56. The highest BCUT2D eigenvalue weighted by Crippen LogP contribution is 2.35. The van der Waals surface area contributed by atoms with Gasteiger partial charge in [-0.05, 0) is 30.4 Å². The maximum absolute atomic E-state index is 11.5. The molecule has 0 unspecified atom stereocenters. The molecular formula is C18H20N4O. The zero-order valence-corrected chi connectivity index (χ0v) is 13.5. The summed E-state index contributed by atoms with van der Waals surface area (Å²) < 4.78 is 3.88. The zero-order chi connectivity index (χ0) is 16.0. The molecule has 0 saturated heterocycles. The molecule has 3 aromatic rings. The zero-order valence-electron chi connectivity index (χ0n) is 13.5. The molecule has 5 heteroatoms. The summed E-state index contributed by atoms with van der Waals surface area (Å²) in [6.45, 7) is 0. The minimum atomic E-state index is 0.394. The molecule has 0 radical (unpaired) electrons. The number of fused-ring (bicyclic) bond motifs is 1. The Balaban J connectivity index is 1.79. The van der Waals surface area contributed by atoms with Crippen LogP contribution in [0, 0.1) is 0 Å².